The minimum atomic E-state index is 0.499. The van der Waals surface area contributed by atoms with E-state index in [1.165, 1.54) is 0 Å². The van der Waals surface area contributed by atoms with Crippen LogP contribution in [0.1, 0.15) is 11.4 Å². The fourth-order valence-corrected chi connectivity index (χ4v) is 3.32. The van der Waals surface area contributed by atoms with Gasteiger partial charge in [-0.3, -0.25) is 0 Å². The van der Waals surface area contributed by atoms with Gasteiger partial charge in [0.15, 0.2) is 5.82 Å². The largest absolute Gasteiger partial charge is 0.497 e. The quantitative estimate of drug-likeness (QED) is 0.588. The monoisotopic (exact) mass is 376 g/mol. The molecule has 0 saturated heterocycles. The first-order chi connectivity index (χ1) is 12.2. The second-order valence-electron chi connectivity index (χ2n) is 5.19. The lowest BCUT2D eigenvalue weighted by atomic mass is 10.2. The van der Waals surface area contributed by atoms with Gasteiger partial charge in [-0.2, -0.15) is 4.98 Å². The third-order valence-electron chi connectivity index (χ3n) is 3.54. The molecule has 7 heteroatoms. The van der Waals surface area contributed by atoms with E-state index in [1.807, 2.05) is 42.5 Å². The smallest absolute Gasteiger partial charge is 0.257 e. The van der Waals surface area contributed by atoms with E-state index in [9.17, 15) is 0 Å². The molecule has 0 spiro atoms. The third kappa shape index (κ3) is 4.46. The molecule has 0 aliphatic rings. The molecule has 0 N–H and O–H groups in total. The summed E-state index contributed by atoms with van der Waals surface area (Å²) in [4.78, 5) is 4.43. The highest BCUT2D eigenvalue weighted by molar-refractivity contribution is 7.97. The van der Waals surface area contributed by atoms with E-state index in [4.69, 9.17) is 25.6 Å². The number of aromatic nitrogens is 2. The Morgan fingerprint density at radius 3 is 2.56 bits per heavy atom. The van der Waals surface area contributed by atoms with Crippen LogP contribution in [0, 0.1) is 0 Å². The van der Waals surface area contributed by atoms with Gasteiger partial charge in [-0.05, 0) is 42.5 Å². The van der Waals surface area contributed by atoms with Crippen molar-refractivity contribution in [3.05, 3.63) is 58.9 Å². The van der Waals surface area contributed by atoms with Crippen LogP contribution in [-0.4, -0.2) is 24.4 Å². The second-order valence-corrected chi connectivity index (χ2v) is 6.62. The van der Waals surface area contributed by atoms with Gasteiger partial charge in [-0.1, -0.05) is 16.8 Å². The van der Waals surface area contributed by atoms with Gasteiger partial charge >= 0.3 is 0 Å². The Hall–Kier alpha value is -2.18. The Bertz CT molecular complexity index is 837. The number of nitrogens with zero attached hydrogens (tertiary/aromatic N) is 2. The van der Waals surface area contributed by atoms with Crippen molar-refractivity contribution in [2.24, 2.45) is 0 Å². The van der Waals surface area contributed by atoms with Gasteiger partial charge in [-0.15, -0.1) is 11.8 Å². The van der Waals surface area contributed by atoms with E-state index in [2.05, 4.69) is 10.1 Å². The number of halogens is 1. The normalized spacial score (nSPS) is 10.7. The molecule has 0 radical (unpaired) electrons. The van der Waals surface area contributed by atoms with E-state index >= 15 is 0 Å². The molecule has 0 bridgehead atoms. The summed E-state index contributed by atoms with van der Waals surface area (Å²) in [6, 6.07) is 13.1. The van der Waals surface area contributed by atoms with Crippen LogP contribution < -0.4 is 9.47 Å². The number of methoxy groups -OCH3 is 2. The first-order valence-electron chi connectivity index (χ1n) is 7.57. The zero-order valence-electron chi connectivity index (χ0n) is 13.9. The van der Waals surface area contributed by atoms with Crippen LogP contribution in [0.3, 0.4) is 0 Å². The first kappa shape index (κ1) is 17.6. The molecule has 0 saturated carbocycles. The number of rotatable bonds is 7. The molecule has 3 rings (SSSR count). The van der Waals surface area contributed by atoms with Crippen LogP contribution in [0.5, 0.6) is 11.5 Å². The van der Waals surface area contributed by atoms with Crippen molar-refractivity contribution in [1.29, 1.82) is 0 Å². The highest BCUT2D eigenvalue weighted by Crippen LogP contribution is 2.28. The highest BCUT2D eigenvalue weighted by atomic mass is 35.5. The maximum absolute atomic E-state index is 6.05. The summed E-state index contributed by atoms with van der Waals surface area (Å²) < 4.78 is 15.8. The van der Waals surface area contributed by atoms with Crippen LogP contribution in [-0.2, 0) is 11.5 Å². The van der Waals surface area contributed by atoms with Crippen molar-refractivity contribution < 1.29 is 14.0 Å². The van der Waals surface area contributed by atoms with E-state index < -0.39 is 0 Å². The molecule has 0 atom stereocenters. The molecule has 25 heavy (non-hydrogen) atoms. The summed E-state index contributed by atoms with van der Waals surface area (Å²) in [7, 11) is 3.28. The number of thioether (sulfide) groups is 1. The zero-order valence-corrected chi connectivity index (χ0v) is 15.4. The molecule has 2 aromatic carbocycles. The zero-order chi connectivity index (χ0) is 17.6. The van der Waals surface area contributed by atoms with Crippen molar-refractivity contribution in [2.75, 3.05) is 14.2 Å². The van der Waals surface area contributed by atoms with Gasteiger partial charge < -0.3 is 14.0 Å². The standard InChI is InChI=1S/C18H17ClN2O3S/c1-22-15-6-3-12(4-7-15)18-20-17(21-24-18)11-25-10-13-9-14(19)5-8-16(13)23-2/h3-9H,10-11H2,1-2H3. The van der Waals surface area contributed by atoms with Gasteiger partial charge in [0.2, 0.25) is 0 Å². The van der Waals surface area contributed by atoms with Gasteiger partial charge in [0.05, 0.1) is 20.0 Å². The fraction of sp³-hybridized carbons (Fsp3) is 0.222. The Morgan fingerprint density at radius 2 is 1.84 bits per heavy atom. The minimum Gasteiger partial charge on any atom is -0.497 e. The SMILES string of the molecule is COc1ccc(-c2nc(CSCc3cc(Cl)ccc3OC)no2)cc1. The highest BCUT2D eigenvalue weighted by Gasteiger charge is 2.10. The number of hydrogen-bond donors (Lipinski definition) is 0. The average molecular weight is 377 g/mol. The van der Waals surface area contributed by atoms with Gasteiger partial charge in [0.25, 0.3) is 5.89 Å². The predicted octanol–water partition coefficient (Wildman–Crippen LogP) is 4.84. The molecular formula is C18H17ClN2O3S. The second kappa shape index (κ2) is 8.27. The molecule has 0 aliphatic carbocycles. The van der Waals surface area contributed by atoms with Crippen molar-refractivity contribution in [3.8, 4) is 23.0 Å². The number of hydrogen-bond acceptors (Lipinski definition) is 6. The number of ether oxygens (including phenoxy) is 2. The molecule has 0 unspecified atom stereocenters. The first-order valence-corrected chi connectivity index (χ1v) is 9.10. The Labute approximate surface area is 155 Å². The molecule has 0 fully saturated rings. The molecule has 130 valence electrons. The molecule has 0 aliphatic heterocycles. The molecular weight excluding hydrogens is 360 g/mol. The van der Waals surface area contributed by atoms with Gasteiger partial charge in [0.1, 0.15) is 11.5 Å². The van der Waals surface area contributed by atoms with Crippen molar-refractivity contribution in [3.63, 3.8) is 0 Å². The van der Waals surface area contributed by atoms with Crippen molar-refractivity contribution in [1.82, 2.24) is 10.1 Å². The van der Waals surface area contributed by atoms with Crippen LogP contribution in [0.15, 0.2) is 47.0 Å². The lowest BCUT2D eigenvalue weighted by Gasteiger charge is -2.07. The molecule has 3 aromatic rings. The topological polar surface area (TPSA) is 57.4 Å². The summed E-state index contributed by atoms with van der Waals surface area (Å²) in [5, 5.41) is 4.72. The minimum absolute atomic E-state index is 0.499. The molecule has 5 nitrogen and oxygen atoms in total. The van der Waals surface area contributed by atoms with E-state index in [1.54, 1.807) is 26.0 Å². The molecule has 0 amide bonds. The summed E-state index contributed by atoms with van der Waals surface area (Å²) in [6.45, 7) is 0. The Morgan fingerprint density at radius 1 is 1.04 bits per heavy atom. The maximum Gasteiger partial charge on any atom is 0.257 e. The predicted molar refractivity (Wildman–Crippen MR) is 99.3 cm³/mol. The van der Waals surface area contributed by atoms with Crippen LogP contribution in [0.4, 0.5) is 0 Å². The third-order valence-corrected chi connectivity index (χ3v) is 4.75. The summed E-state index contributed by atoms with van der Waals surface area (Å²) in [5.74, 6) is 4.14. The summed E-state index contributed by atoms with van der Waals surface area (Å²) in [5.41, 5.74) is 1.90. The summed E-state index contributed by atoms with van der Waals surface area (Å²) >= 11 is 7.72. The van der Waals surface area contributed by atoms with Crippen molar-refractivity contribution in [2.45, 2.75) is 11.5 Å². The molecule has 1 aromatic heterocycles. The lowest BCUT2D eigenvalue weighted by Crippen LogP contribution is -1.91. The van der Waals surface area contributed by atoms with Crippen LogP contribution in [0.25, 0.3) is 11.5 Å². The van der Waals surface area contributed by atoms with E-state index in [-0.39, 0.29) is 0 Å². The Balaban J connectivity index is 1.61. The average Bonchev–Trinajstić information content (AvgIpc) is 3.11. The maximum atomic E-state index is 6.05. The lowest BCUT2D eigenvalue weighted by molar-refractivity contribution is 0.411. The number of benzene rings is 2. The summed E-state index contributed by atoms with van der Waals surface area (Å²) in [6.07, 6.45) is 0. The Kier molecular flexibility index (Phi) is 5.83. The van der Waals surface area contributed by atoms with Crippen LogP contribution >= 0.6 is 23.4 Å². The van der Waals surface area contributed by atoms with Crippen molar-refractivity contribution >= 4 is 23.4 Å². The van der Waals surface area contributed by atoms with Crippen LogP contribution in [0.2, 0.25) is 5.02 Å². The van der Waals surface area contributed by atoms with Gasteiger partial charge in [-0.25, -0.2) is 0 Å². The van der Waals surface area contributed by atoms with E-state index in [0.717, 1.165) is 28.4 Å². The molecule has 1 heterocycles. The fourth-order valence-electron chi connectivity index (χ4n) is 2.28. The van der Waals surface area contributed by atoms with Gasteiger partial charge in [0, 0.05) is 21.9 Å². The van der Waals surface area contributed by atoms with E-state index in [0.29, 0.717) is 22.5 Å².